The van der Waals surface area contributed by atoms with Crippen LogP contribution in [-0.2, 0) is 11.2 Å². The second kappa shape index (κ2) is 6.10. The van der Waals surface area contributed by atoms with Crippen molar-refractivity contribution in [3.05, 3.63) is 23.8 Å². The molecule has 5 nitrogen and oxygen atoms in total. The van der Waals surface area contributed by atoms with Crippen LogP contribution in [0, 0.1) is 11.3 Å². The number of amides is 1. The molecule has 1 amide bonds. The smallest absolute Gasteiger partial charge is 0.412 e. The number of anilines is 1. The molecule has 0 heterocycles. The number of rotatable bonds is 3. The summed E-state index contributed by atoms with van der Waals surface area (Å²) >= 11 is 0. The molecule has 19 heavy (non-hydrogen) atoms. The molecule has 0 atom stereocenters. The minimum absolute atomic E-state index is 0.0356. The van der Waals surface area contributed by atoms with Crippen LogP contribution in [0.2, 0.25) is 0 Å². The number of hydrogen-bond donors (Lipinski definition) is 2. The van der Waals surface area contributed by atoms with Gasteiger partial charge < -0.3 is 9.84 Å². The molecule has 102 valence electrons. The second-order valence-electron chi connectivity index (χ2n) is 5.14. The molecule has 0 aliphatic rings. The fraction of sp³-hybridized carbons (Fsp3) is 0.429. The molecule has 0 aliphatic carbocycles. The first-order chi connectivity index (χ1) is 8.81. The number of nitrogens with one attached hydrogen (secondary N) is 1. The Morgan fingerprint density at radius 2 is 2.16 bits per heavy atom. The lowest BCUT2D eigenvalue weighted by molar-refractivity contribution is 0.0635. The number of nitriles is 1. The first-order valence-electron chi connectivity index (χ1n) is 6.00. The molecule has 0 saturated heterocycles. The molecule has 0 unspecified atom stereocenters. The number of carbonyl (C=O) groups is 1. The molecular weight excluding hydrogens is 244 g/mol. The summed E-state index contributed by atoms with van der Waals surface area (Å²) < 4.78 is 5.10. The average Bonchev–Trinajstić information content (AvgIpc) is 2.27. The van der Waals surface area contributed by atoms with Crippen LogP contribution >= 0.6 is 0 Å². The van der Waals surface area contributed by atoms with E-state index in [1.54, 1.807) is 32.9 Å². The van der Waals surface area contributed by atoms with E-state index in [2.05, 4.69) is 5.32 Å². The fourth-order valence-electron chi connectivity index (χ4n) is 1.45. The summed E-state index contributed by atoms with van der Waals surface area (Å²) in [7, 11) is 0. The summed E-state index contributed by atoms with van der Waals surface area (Å²) in [4.78, 5) is 11.6. The third kappa shape index (κ3) is 5.30. The number of nitrogens with zero attached hydrogens (tertiary/aromatic N) is 1. The molecule has 0 spiro atoms. The van der Waals surface area contributed by atoms with Crippen molar-refractivity contribution in [1.29, 1.82) is 5.26 Å². The van der Waals surface area contributed by atoms with Crippen LogP contribution in [0.25, 0.3) is 0 Å². The monoisotopic (exact) mass is 262 g/mol. The minimum atomic E-state index is -0.625. The van der Waals surface area contributed by atoms with Crippen molar-refractivity contribution < 1.29 is 14.6 Å². The zero-order chi connectivity index (χ0) is 14.5. The first kappa shape index (κ1) is 14.8. The Morgan fingerprint density at radius 1 is 1.47 bits per heavy atom. The molecular formula is C14H18N2O3. The molecule has 5 heteroatoms. The predicted octanol–water partition coefficient (Wildman–Crippen LogP) is 3.20. The SMILES string of the molecule is CC(C)(C)OC(=O)Nc1cc(CCC#N)ccc1O. The van der Waals surface area contributed by atoms with Gasteiger partial charge in [-0.2, -0.15) is 5.26 Å². The van der Waals surface area contributed by atoms with E-state index >= 15 is 0 Å². The van der Waals surface area contributed by atoms with Gasteiger partial charge in [0.15, 0.2) is 0 Å². The van der Waals surface area contributed by atoms with E-state index in [1.807, 2.05) is 6.07 Å². The van der Waals surface area contributed by atoms with Crippen LogP contribution in [0.15, 0.2) is 18.2 Å². The van der Waals surface area contributed by atoms with Crippen molar-refractivity contribution in [2.45, 2.75) is 39.2 Å². The molecule has 0 aliphatic heterocycles. The minimum Gasteiger partial charge on any atom is -0.506 e. The van der Waals surface area contributed by atoms with Crippen molar-refractivity contribution in [2.75, 3.05) is 5.32 Å². The Morgan fingerprint density at radius 3 is 2.74 bits per heavy atom. The van der Waals surface area contributed by atoms with Crippen molar-refractivity contribution in [1.82, 2.24) is 0 Å². The molecule has 1 rings (SSSR count). The average molecular weight is 262 g/mol. The Hall–Kier alpha value is -2.22. The summed E-state index contributed by atoms with van der Waals surface area (Å²) in [5, 5.41) is 20.7. The van der Waals surface area contributed by atoms with Crippen molar-refractivity contribution in [3.8, 4) is 11.8 Å². The van der Waals surface area contributed by atoms with Crippen molar-refractivity contribution in [2.24, 2.45) is 0 Å². The molecule has 1 aromatic carbocycles. The van der Waals surface area contributed by atoms with E-state index in [0.29, 0.717) is 12.8 Å². The van der Waals surface area contributed by atoms with Gasteiger partial charge >= 0.3 is 6.09 Å². The Bertz CT molecular complexity index is 498. The van der Waals surface area contributed by atoms with Crippen LogP contribution < -0.4 is 5.32 Å². The highest BCUT2D eigenvalue weighted by Crippen LogP contribution is 2.25. The highest BCUT2D eigenvalue weighted by molar-refractivity contribution is 5.87. The summed E-state index contributed by atoms with van der Waals surface area (Å²) in [5.41, 5.74) is 0.549. The third-order valence-electron chi connectivity index (χ3n) is 2.22. The van der Waals surface area contributed by atoms with E-state index in [0.717, 1.165) is 5.56 Å². The van der Waals surface area contributed by atoms with E-state index in [1.165, 1.54) is 6.07 Å². The van der Waals surface area contributed by atoms with E-state index in [-0.39, 0.29) is 11.4 Å². The summed E-state index contributed by atoms with van der Waals surface area (Å²) in [6.45, 7) is 5.28. The van der Waals surface area contributed by atoms with Gasteiger partial charge in [0, 0.05) is 6.42 Å². The molecule has 1 aromatic rings. The lowest BCUT2D eigenvalue weighted by Gasteiger charge is -2.20. The number of aromatic hydroxyl groups is 1. The first-order valence-corrected chi connectivity index (χ1v) is 6.00. The van der Waals surface area contributed by atoms with Gasteiger partial charge in [-0.3, -0.25) is 5.32 Å². The second-order valence-corrected chi connectivity index (χ2v) is 5.14. The predicted molar refractivity (Wildman–Crippen MR) is 71.9 cm³/mol. The molecule has 0 radical (unpaired) electrons. The van der Waals surface area contributed by atoms with Gasteiger partial charge in [0.05, 0.1) is 11.8 Å². The van der Waals surface area contributed by atoms with Gasteiger partial charge in [-0.1, -0.05) is 6.07 Å². The Balaban J connectivity index is 2.77. The van der Waals surface area contributed by atoms with Crippen LogP contribution in [0.3, 0.4) is 0 Å². The highest BCUT2D eigenvalue weighted by Gasteiger charge is 2.17. The zero-order valence-electron chi connectivity index (χ0n) is 11.4. The maximum Gasteiger partial charge on any atom is 0.412 e. The van der Waals surface area contributed by atoms with Crippen LogP contribution in [-0.4, -0.2) is 16.8 Å². The number of phenolic OH excluding ortho intramolecular Hbond substituents is 1. The highest BCUT2D eigenvalue weighted by atomic mass is 16.6. The molecule has 0 fully saturated rings. The number of carbonyl (C=O) groups excluding carboxylic acids is 1. The zero-order valence-corrected chi connectivity index (χ0v) is 11.4. The Labute approximate surface area is 112 Å². The third-order valence-corrected chi connectivity index (χ3v) is 2.22. The maximum absolute atomic E-state index is 11.6. The topological polar surface area (TPSA) is 82.3 Å². The Kier molecular flexibility index (Phi) is 4.76. The molecule has 0 aromatic heterocycles. The molecule has 0 bridgehead atoms. The number of phenols is 1. The van der Waals surface area contributed by atoms with Gasteiger partial charge in [0.1, 0.15) is 11.4 Å². The van der Waals surface area contributed by atoms with Gasteiger partial charge in [-0.15, -0.1) is 0 Å². The quantitative estimate of drug-likeness (QED) is 0.819. The summed E-state index contributed by atoms with van der Waals surface area (Å²) in [5.74, 6) is -0.0356. The van der Waals surface area contributed by atoms with Crippen molar-refractivity contribution in [3.63, 3.8) is 0 Å². The van der Waals surface area contributed by atoms with Gasteiger partial charge in [0.2, 0.25) is 0 Å². The normalized spacial score (nSPS) is 10.6. The summed E-state index contributed by atoms with van der Waals surface area (Å²) in [6, 6.07) is 6.88. The van der Waals surface area contributed by atoms with Gasteiger partial charge in [0.25, 0.3) is 0 Å². The van der Waals surface area contributed by atoms with Crippen LogP contribution in [0.4, 0.5) is 10.5 Å². The van der Waals surface area contributed by atoms with E-state index in [9.17, 15) is 9.90 Å². The van der Waals surface area contributed by atoms with Gasteiger partial charge in [-0.05, 0) is 44.9 Å². The van der Waals surface area contributed by atoms with Crippen LogP contribution in [0.1, 0.15) is 32.8 Å². The number of hydrogen-bond acceptors (Lipinski definition) is 4. The number of benzene rings is 1. The molecule has 2 N–H and O–H groups in total. The lowest BCUT2D eigenvalue weighted by Crippen LogP contribution is -2.27. The van der Waals surface area contributed by atoms with E-state index in [4.69, 9.17) is 10.00 Å². The number of aryl methyl sites for hydroxylation is 1. The standard InChI is InChI=1S/C14H18N2O3/c1-14(2,3)19-13(18)16-11-9-10(5-4-8-15)6-7-12(11)17/h6-7,9,17H,4-5H2,1-3H3,(H,16,18). The van der Waals surface area contributed by atoms with Crippen molar-refractivity contribution >= 4 is 11.8 Å². The van der Waals surface area contributed by atoms with Gasteiger partial charge in [-0.25, -0.2) is 4.79 Å². The van der Waals surface area contributed by atoms with Crippen LogP contribution in [0.5, 0.6) is 5.75 Å². The summed E-state index contributed by atoms with van der Waals surface area (Å²) in [6.07, 6.45) is 0.330. The van der Waals surface area contributed by atoms with E-state index < -0.39 is 11.7 Å². The lowest BCUT2D eigenvalue weighted by atomic mass is 10.1. The number of ether oxygens (including phenoxy) is 1. The fourth-order valence-corrected chi connectivity index (χ4v) is 1.45. The largest absolute Gasteiger partial charge is 0.506 e. The maximum atomic E-state index is 11.6. The molecule has 0 saturated carbocycles.